The van der Waals surface area contributed by atoms with E-state index < -0.39 is 4.92 Å². The van der Waals surface area contributed by atoms with Crippen molar-refractivity contribution >= 4 is 17.3 Å². The SMILES string of the molecule is O=[N+]([O-])c1c(NCCc2ccncc2)ncnc1N1CCOCC1. The van der Waals surface area contributed by atoms with Crippen LogP contribution >= 0.6 is 0 Å². The average molecular weight is 330 g/mol. The first-order chi connectivity index (χ1) is 11.8. The largest absolute Gasteiger partial charge is 0.378 e. The predicted octanol–water partition coefficient (Wildman–Crippen LogP) is 1.27. The summed E-state index contributed by atoms with van der Waals surface area (Å²) in [5, 5.41) is 14.6. The minimum absolute atomic E-state index is 0.0888. The van der Waals surface area contributed by atoms with Gasteiger partial charge in [-0.15, -0.1) is 0 Å². The Balaban J connectivity index is 1.75. The van der Waals surface area contributed by atoms with Gasteiger partial charge in [0.05, 0.1) is 18.1 Å². The van der Waals surface area contributed by atoms with E-state index in [9.17, 15) is 10.1 Å². The lowest BCUT2D eigenvalue weighted by Crippen LogP contribution is -2.37. The molecular weight excluding hydrogens is 312 g/mol. The van der Waals surface area contributed by atoms with Crippen molar-refractivity contribution in [3.63, 3.8) is 0 Å². The van der Waals surface area contributed by atoms with E-state index in [4.69, 9.17) is 4.74 Å². The van der Waals surface area contributed by atoms with Crippen LogP contribution in [0.2, 0.25) is 0 Å². The number of nitrogens with zero attached hydrogens (tertiary/aromatic N) is 5. The molecular formula is C15H18N6O3. The summed E-state index contributed by atoms with van der Waals surface area (Å²) >= 11 is 0. The fourth-order valence-electron chi connectivity index (χ4n) is 2.55. The molecule has 9 nitrogen and oxygen atoms in total. The molecule has 2 aromatic rings. The van der Waals surface area contributed by atoms with E-state index in [0.717, 1.165) is 12.0 Å². The number of anilines is 2. The second-order valence-electron chi connectivity index (χ2n) is 5.28. The molecule has 3 heterocycles. The van der Waals surface area contributed by atoms with Gasteiger partial charge in [-0.2, -0.15) is 0 Å². The van der Waals surface area contributed by atoms with Gasteiger partial charge >= 0.3 is 5.69 Å². The van der Waals surface area contributed by atoms with Gasteiger partial charge in [-0.25, -0.2) is 9.97 Å². The standard InChI is InChI=1S/C15H18N6O3/c22-21(23)13-14(17-6-3-12-1-4-16-5-2-12)18-11-19-15(13)20-7-9-24-10-8-20/h1-2,4-5,11H,3,6-10H2,(H,17,18,19). The minimum atomic E-state index is -0.431. The first-order valence-corrected chi connectivity index (χ1v) is 7.70. The van der Waals surface area contributed by atoms with Gasteiger partial charge in [0.15, 0.2) is 0 Å². The van der Waals surface area contributed by atoms with E-state index in [2.05, 4.69) is 20.3 Å². The molecule has 24 heavy (non-hydrogen) atoms. The molecule has 0 radical (unpaired) electrons. The van der Waals surface area contributed by atoms with Gasteiger partial charge in [0.2, 0.25) is 11.6 Å². The number of nitro groups is 1. The van der Waals surface area contributed by atoms with E-state index in [0.29, 0.717) is 38.7 Å². The van der Waals surface area contributed by atoms with Crippen LogP contribution in [0.1, 0.15) is 5.56 Å². The Bertz CT molecular complexity index is 691. The summed E-state index contributed by atoms with van der Waals surface area (Å²) in [5.74, 6) is 0.579. The third kappa shape index (κ3) is 3.74. The zero-order chi connectivity index (χ0) is 16.8. The number of pyridine rings is 1. The van der Waals surface area contributed by atoms with Crippen molar-refractivity contribution < 1.29 is 9.66 Å². The summed E-state index contributed by atoms with van der Waals surface area (Å²) in [4.78, 5) is 25.1. The van der Waals surface area contributed by atoms with Gasteiger partial charge in [-0.1, -0.05) is 0 Å². The lowest BCUT2D eigenvalue weighted by Gasteiger charge is -2.27. The van der Waals surface area contributed by atoms with Crippen LogP contribution in [0, 0.1) is 10.1 Å². The molecule has 1 saturated heterocycles. The highest BCUT2D eigenvalue weighted by Crippen LogP contribution is 2.32. The molecule has 1 N–H and O–H groups in total. The number of hydrogen-bond donors (Lipinski definition) is 1. The molecule has 9 heteroatoms. The molecule has 0 aromatic carbocycles. The molecule has 2 aromatic heterocycles. The molecule has 0 saturated carbocycles. The molecule has 0 spiro atoms. The predicted molar refractivity (Wildman–Crippen MR) is 88.1 cm³/mol. The lowest BCUT2D eigenvalue weighted by molar-refractivity contribution is -0.383. The monoisotopic (exact) mass is 330 g/mol. The van der Waals surface area contributed by atoms with E-state index in [1.54, 1.807) is 12.4 Å². The van der Waals surface area contributed by atoms with Gasteiger partial charge in [0.25, 0.3) is 0 Å². The van der Waals surface area contributed by atoms with Crippen molar-refractivity contribution in [3.8, 4) is 0 Å². The Kier molecular flexibility index (Phi) is 5.12. The van der Waals surface area contributed by atoms with Gasteiger partial charge in [-0.3, -0.25) is 15.1 Å². The third-order valence-electron chi connectivity index (χ3n) is 3.75. The molecule has 0 atom stereocenters. The number of ether oxygens (including phenoxy) is 1. The second-order valence-corrected chi connectivity index (χ2v) is 5.28. The zero-order valence-electron chi connectivity index (χ0n) is 13.1. The highest BCUT2D eigenvalue weighted by Gasteiger charge is 2.27. The summed E-state index contributed by atoms with van der Waals surface area (Å²) in [7, 11) is 0. The minimum Gasteiger partial charge on any atom is -0.378 e. The van der Waals surface area contributed by atoms with E-state index >= 15 is 0 Å². The topological polar surface area (TPSA) is 106 Å². The van der Waals surface area contributed by atoms with Crippen LogP contribution in [0.25, 0.3) is 0 Å². The number of nitrogens with one attached hydrogen (secondary N) is 1. The van der Waals surface area contributed by atoms with Crippen LogP contribution in [-0.4, -0.2) is 52.7 Å². The normalized spacial score (nSPS) is 14.4. The van der Waals surface area contributed by atoms with Crippen molar-refractivity contribution in [2.45, 2.75) is 6.42 Å². The van der Waals surface area contributed by atoms with Gasteiger partial charge in [-0.05, 0) is 24.1 Å². The van der Waals surface area contributed by atoms with Gasteiger partial charge in [0, 0.05) is 32.0 Å². The number of morpholine rings is 1. The molecule has 1 aliphatic rings. The number of rotatable bonds is 6. The van der Waals surface area contributed by atoms with Gasteiger partial charge in [0.1, 0.15) is 6.33 Å². The second kappa shape index (κ2) is 7.64. The maximum absolute atomic E-state index is 11.5. The molecule has 0 unspecified atom stereocenters. The maximum Gasteiger partial charge on any atom is 0.353 e. The lowest BCUT2D eigenvalue weighted by atomic mass is 10.2. The molecule has 3 rings (SSSR count). The zero-order valence-corrected chi connectivity index (χ0v) is 13.1. The van der Waals surface area contributed by atoms with E-state index in [1.807, 2.05) is 17.0 Å². The van der Waals surface area contributed by atoms with Gasteiger partial charge < -0.3 is 15.0 Å². The van der Waals surface area contributed by atoms with Crippen LogP contribution in [-0.2, 0) is 11.2 Å². The fourth-order valence-corrected chi connectivity index (χ4v) is 2.55. The quantitative estimate of drug-likeness (QED) is 0.623. The average Bonchev–Trinajstić information content (AvgIpc) is 2.63. The van der Waals surface area contributed by atoms with Crippen LogP contribution in [0.3, 0.4) is 0 Å². The van der Waals surface area contributed by atoms with Crippen molar-refractivity contribution in [3.05, 3.63) is 46.5 Å². The number of aromatic nitrogens is 3. The number of hydrogen-bond acceptors (Lipinski definition) is 8. The Labute approximate surface area is 138 Å². The van der Waals surface area contributed by atoms with Crippen molar-refractivity contribution in [2.75, 3.05) is 43.1 Å². The summed E-state index contributed by atoms with van der Waals surface area (Å²) in [5.41, 5.74) is 1.01. The fraction of sp³-hybridized carbons (Fsp3) is 0.400. The molecule has 126 valence electrons. The Hall–Kier alpha value is -2.81. The Morgan fingerprint density at radius 3 is 2.71 bits per heavy atom. The van der Waals surface area contributed by atoms with Crippen LogP contribution in [0.15, 0.2) is 30.9 Å². The summed E-state index contributed by atoms with van der Waals surface area (Å²) < 4.78 is 5.29. The van der Waals surface area contributed by atoms with E-state index in [-0.39, 0.29) is 11.5 Å². The first-order valence-electron chi connectivity index (χ1n) is 7.70. The van der Waals surface area contributed by atoms with Crippen LogP contribution < -0.4 is 10.2 Å². The molecule has 0 bridgehead atoms. The van der Waals surface area contributed by atoms with Crippen LogP contribution in [0.5, 0.6) is 0 Å². The van der Waals surface area contributed by atoms with Crippen molar-refractivity contribution in [2.24, 2.45) is 0 Å². The van der Waals surface area contributed by atoms with Crippen molar-refractivity contribution in [1.29, 1.82) is 0 Å². The Morgan fingerprint density at radius 2 is 2.00 bits per heavy atom. The highest BCUT2D eigenvalue weighted by molar-refractivity contribution is 5.70. The van der Waals surface area contributed by atoms with Crippen molar-refractivity contribution in [1.82, 2.24) is 15.0 Å². The maximum atomic E-state index is 11.5. The summed E-state index contributed by atoms with van der Waals surface area (Å²) in [6.07, 6.45) is 5.52. The smallest absolute Gasteiger partial charge is 0.353 e. The van der Waals surface area contributed by atoms with E-state index in [1.165, 1.54) is 6.33 Å². The summed E-state index contributed by atoms with van der Waals surface area (Å²) in [6, 6.07) is 3.82. The molecule has 0 amide bonds. The Morgan fingerprint density at radius 1 is 1.25 bits per heavy atom. The third-order valence-corrected chi connectivity index (χ3v) is 3.75. The molecule has 1 aliphatic heterocycles. The summed E-state index contributed by atoms with van der Waals surface area (Å²) in [6.45, 7) is 2.75. The highest BCUT2D eigenvalue weighted by atomic mass is 16.6. The van der Waals surface area contributed by atoms with Crippen LogP contribution in [0.4, 0.5) is 17.3 Å². The first kappa shape index (κ1) is 16.1. The molecule has 1 fully saturated rings. The molecule has 0 aliphatic carbocycles.